The van der Waals surface area contributed by atoms with Crippen molar-refractivity contribution in [1.29, 1.82) is 15.8 Å². The van der Waals surface area contributed by atoms with Gasteiger partial charge in [-0.3, -0.25) is 5.32 Å². The van der Waals surface area contributed by atoms with Gasteiger partial charge in [-0.25, -0.2) is 0 Å². The monoisotopic (exact) mass is 477 g/mol. The zero-order chi connectivity index (χ0) is 25.4. The minimum Gasteiger partial charge on any atom is -0.325 e. The number of hydrogen-bond donors (Lipinski definition) is 1. The number of hydrogen-bond acceptors (Lipinski definition) is 5. The second kappa shape index (κ2) is 9.29. The number of nitriles is 3. The van der Waals surface area contributed by atoms with Crippen molar-refractivity contribution in [2.75, 3.05) is 11.4 Å². The van der Waals surface area contributed by atoms with E-state index in [-0.39, 0.29) is 6.17 Å². The molecule has 5 nitrogen and oxygen atoms in total. The summed E-state index contributed by atoms with van der Waals surface area (Å²) in [6.07, 6.45) is 2.69. The Morgan fingerprint density at radius 3 is 2.00 bits per heavy atom. The van der Waals surface area contributed by atoms with E-state index in [1.165, 1.54) is 41.9 Å². The first-order valence-electron chi connectivity index (χ1n) is 12.4. The van der Waals surface area contributed by atoms with E-state index >= 15 is 0 Å². The van der Waals surface area contributed by atoms with Crippen LogP contribution in [0.5, 0.6) is 0 Å². The Morgan fingerprint density at radius 1 is 0.730 bits per heavy atom. The molecule has 2 unspecified atom stereocenters. The largest absolute Gasteiger partial charge is 0.325 e. The molecule has 2 aliphatic heterocycles. The number of benzene rings is 4. The molecule has 2 heterocycles. The third-order valence-electron chi connectivity index (χ3n) is 7.46. The molecule has 1 fully saturated rings. The van der Waals surface area contributed by atoms with Crippen LogP contribution in [0.1, 0.15) is 41.0 Å². The SMILES string of the molecule is N#Cc1cc(C#N)c(-c2ccc(-c3ccc(N4c5ccccc5C5CCCNC54)cc3)cc2)c(C#N)c1. The molecule has 0 spiro atoms. The first-order chi connectivity index (χ1) is 18.2. The first-order valence-corrected chi connectivity index (χ1v) is 12.4. The van der Waals surface area contributed by atoms with Crippen LogP contribution in [-0.4, -0.2) is 12.7 Å². The molecule has 4 aromatic carbocycles. The van der Waals surface area contributed by atoms with Crippen LogP contribution in [0.4, 0.5) is 11.4 Å². The number of nitrogens with zero attached hydrogens (tertiary/aromatic N) is 4. The summed E-state index contributed by atoms with van der Waals surface area (Å²) < 4.78 is 0. The van der Waals surface area contributed by atoms with Crippen LogP contribution < -0.4 is 10.2 Å². The van der Waals surface area contributed by atoms with Gasteiger partial charge in [0.05, 0.1) is 41.1 Å². The zero-order valence-corrected chi connectivity index (χ0v) is 20.1. The maximum absolute atomic E-state index is 9.62. The van der Waals surface area contributed by atoms with Gasteiger partial charge in [-0.15, -0.1) is 0 Å². The summed E-state index contributed by atoms with van der Waals surface area (Å²) in [5, 5.41) is 32.2. The lowest BCUT2D eigenvalue weighted by molar-refractivity contribution is 0.374. The van der Waals surface area contributed by atoms with Crippen molar-refractivity contribution in [2.24, 2.45) is 0 Å². The fourth-order valence-electron chi connectivity index (χ4n) is 5.78. The number of piperidine rings is 1. The average molecular weight is 478 g/mol. The molecular formula is C32H23N5. The van der Waals surface area contributed by atoms with Gasteiger partial charge in [0.25, 0.3) is 0 Å². The zero-order valence-electron chi connectivity index (χ0n) is 20.1. The van der Waals surface area contributed by atoms with Crippen LogP contribution in [0.2, 0.25) is 0 Å². The lowest BCUT2D eigenvalue weighted by atomic mass is 9.91. The molecule has 0 radical (unpaired) electrons. The predicted octanol–water partition coefficient (Wildman–Crippen LogP) is 6.58. The summed E-state index contributed by atoms with van der Waals surface area (Å²) in [5.74, 6) is 0.510. The van der Waals surface area contributed by atoms with Crippen molar-refractivity contribution in [2.45, 2.75) is 24.9 Å². The highest BCUT2D eigenvalue weighted by Crippen LogP contribution is 2.47. The Morgan fingerprint density at radius 2 is 1.35 bits per heavy atom. The van der Waals surface area contributed by atoms with E-state index in [9.17, 15) is 15.8 Å². The standard InChI is InChI=1S/C32H23N5/c33-18-21-16-25(19-34)31(26(17-21)20-35)24-9-7-22(8-10-24)23-11-13-27(14-12-23)37-30-6-2-1-4-28(30)29-5-3-15-36-32(29)37/h1-2,4,6-14,16-17,29,32,36H,3,5,15H2. The van der Waals surface area contributed by atoms with Crippen LogP contribution in [0.25, 0.3) is 22.3 Å². The van der Waals surface area contributed by atoms with E-state index in [1.54, 1.807) is 0 Å². The number of nitrogens with one attached hydrogen (secondary N) is 1. The maximum Gasteiger partial charge on any atom is 0.0999 e. The molecule has 5 heteroatoms. The summed E-state index contributed by atoms with van der Waals surface area (Å²) in [6.45, 7) is 1.04. The minimum absolute atomic E-state index is 0.285. The molecule has 2 aliphatic rings. The Hall–Kier alpha value is -4.89. The van der Waals surface area contributed by atoms with E-state index in [1.807, 2.05) is 30.3 Å². The second-order valence-corrected chi connectivity index (χ2v) is 9.48. The van der Waals surface area contributed by atoms with Gasteiger partial charge in [-0.1, -0.05) is 54.6 Å². The van der Waals surface area contributed by atoms with Crippen LogP contribution >= 0.6 is 0 Å². The Labute approximate surface area is 216 Å². The molecule has 0 aliphatic carbocycles. The molecule has 0 amide bonds. The fraction of sp³-hybridized carbons (Fsp3) is 0.156. The van der Waals surface area contributed by atoms with E-state index in [4.69, 9.17) is 0 Å². The summed E-state index contributed by atoms with van der Waals surface area (Å²) in [7, 11) is 0. The van der Waals surface area contributed by atoms with Gasteiger partial charge < -0.3 is 4.90 Å². The minimum atomic E-state index is 0.285. The smallest absolute Gasteiger partial charge is 0.0999 e. The normalized spacial score (nSPS) is 17.7. The third kappa shape index (κ3) is 3.82. The number of anilines is 2. The summed E-state index contributed by atoms with van der Waals surface area (Å²) in [6, 6.07) is 34.6. The summed E-state index contributed by atoms with van der Waals surface area (Å²) in [4.78, 5) is 2.43. The molecule has 0 bridgehead atoms. The summed E-state index contributed by atoms with van der Waals surface area (Å²) >= 11 is 0. The Kier molecular flexibility index (Phi) is 5.66. The van der Waals surface area contributed by atoms with E-state index in [2.05, 4.69) is 70.9 Å². The Balaban J connectivity index is 1.31. The molecule has 37 heavy (non-hydrogen) atoms. The first kappa shape index (κ1) is 22.6. The predicted molar refractivity (Wildman–Crippen MR) is 144 cm³/mol. The van der Waals surface area contributed by atoms with Crippen molar-refractivity contribution < 1.29 is 0 Å². The number of rotatable bonds is 3. The van der Waals surface area contributed by atoms with Gasteiger partial charge in [0.2, 0.25) is 0 Å². The molecule has 2 atom stereocenters. The molecule has 0 aromatic heterocycles. The second-order valence-electron chi connectivity index (χ2n) is 9.48. The highest BCUT2D eigenvalue weighted by Gasteiger charge is 2.40. The molecule has 6 rings (SSSR count). The van der Waals surface area contributed by atoms with Crippen LogP contribution in [0.3, 0.4) is 0 Å². The number of fused-ring (bicyclic) bond motifs is 3. The lowest BCUT2D eigenvalue weighted by Crippen LogP contribution is -2.46. The van der Waals surface area contributed by atoms with Gasteiger partial charge >= 0.3 is 0 Å². The van der Waals surface area contributed by atoms with Crippen molar-refractivity contribution in [3.05, 3.63) is 107 Å². The topological polar surface area (TPSA) is 86.6 Å². The fourth-order valence-corrected chi connectivity index (χ4v) is 5.78. The van der Waals surface area contributed by atoms with Crippen LogP contribution in [0, 0.1) is 34.0 Å². The Bertz CT molecular complexity index is 1580. The molecular weight excluding hydrogens is 454 g/mol. The van der Waals surface area contributed by atoms with Gasteiger partial charge in [-0.05, 0) is 72.0 Å². The van der Waals surface area contributed by atoms with Gasteiger partial charge in [0.1, 0.15) is 0 Å². The highest BCUT2D eigenvalue weighted by molar-refractivity contribution is 5.80. The van der Waals surface area contributed by atoms with E-state index < -0.39 is 0 Å². The van der Waals surface area contributed by atoms with E-state index in [0.29, 0.717) is 28.2 Å². The molecule has 1 saturated heterocycles. The molecule has 4 aromatic rings. The molecule has 1 N–H and O–H groups in total. The van der Waals surface area contributed by atoms with Gasteiger partial charge in [-0.2, -0.15) is 15.8 Å². The van der Waals surface area contributed by atoms with Crippen molar-refractivity contribution in [3.63, 3.8) is 0 Å². The highest BCUT2D eigenvalue weighted by atomic mass is 15.3. The molecule has 176 valence electrons. The van der Waals surface area contributed by atoms with Gasteiger partial charge in [0, 0.05) is 22.9 Å². The van der Waals surface area contributed by atoms with Crippen molar-refractivity contribution >= 4 is 11.4 Å². The van der Waals surface area contributed by atoms with Crippen LogP contribution in [0.15, 0.2) is 84.9 Å². The van der Waals surface area contributed by atoms with Crippen LogP contribution in [-0.2, 0) is 0 Å². The maximum atomic E-state index is 9.62. The lowest BCUT2D eigenvalue weighted by Gasteiger charge is -2.34. The van der Waals surface area contributed by atoms with Gasteiger partial charge in [0.15, 0.2) is 0 Å². The molecule has 0 saturated carbocycles. The van der Waals surface area contributed by atoms with Crippen molar-refractivity contribution in [1.82, 2.24) is 5.32 Å². The third-order valence-corrected chi connectivity index (χ3v) is 7.46. The number of para-hydroxylation sites is 1. The van der Waals surface area contributed by atoms with Crippen molar-refractivity contribution in [3.8, 4) is 40.5 Å². The average Bonchev–Trinajstić information content (AvgIpc) is 3.31. The quantitative estimate of drug-likeness (QED) is 0.360. The van der Waals surface area contributed by atoms with E-state index in [0.717, 1.165) is 23.2 Å². The summed E-state index contributed by atoms with van der Waals surface area (Å²) in [5.41, 5.74) is 8.33.